The summed E-state index contributed by atoms with van der Waals surface area (Å²) in [4.78, 5) is 22.8. The Balaban J connectivity index is 2.65. The standard InChI is InChI=1S/C12H21NO4/c1-11(2)8(12(11,3)4)9(15)13-7(5-6-14)10(16)17/h7-8,14H,5-6H2,1-4H3,(H,13,15)(H,16,17)/t7-/m0/s1. The van der Waals surface area contributed by atoms with Crippen molar-refractivity contribution >= 4 is 11.9 Å². The van der Waals surface area contributed by atoms with Gasteiger partial charge in [0.25, 0.3) is 0 Å². The van der Waals surface area contributed by atoms with Crippen molar-refractivity contribution in [3.8, 4) is 0 Å². The van der Waals surface area contributed by atoms with E-state index < -0.39 is 12.0 Å². The van der Waals surface area contributed by atoms with Crippen LogP contribution in [0.1, 0.15) is 34.1 Å². The molecule has 1 fully saturated rings. The number of nitrogens with one attached hydrogen (secondary N) is 1. The molecule has 0 aromatic heterocycles. The molecule has 1 saturated carbocycles. The molecule has 1 aliphatic carbocycles. The third kappa shape index (κ3) is 2.29. The average Bonchev–Trinajstić information content (AvgIpc) is 2.56. The molecule has 98 valence electrons. The number of aliphatic hydroxyl groups excluding tert-OH is 1. The molecular formula is C12H21NO4. The zero-order chi connectivity index (χ0) is 13.4. The summed E-state index contributed by atoms with van der Waals surface area (Å²) >= 11 is 0. The predicted octanol–water partition coefficient (Wildman–Crippen LogP) is 0.620. The van der Waals surface area contributed by atoms with Gasteiger partial charge in [0.2, 0.25) is 5.91 Å². The van der Waals surface area contributed by atoms with E-state index in [1.54, 1.807) is 0 Å². The lowest BCUT2D eigenvalue weighted by molar-refractivity contribution is -0.142. The highest BCUT2D eigenvalue weighted by atomic mass is 16.4. The van der Waals surface area contributed by atoms with E-state index in [1.807, 2.05) is 27.7 Å². The van der Waals surface area contributed by atoms with Crippen LogP contribution in [0.15, 0.2) is 0 Å². The first-order valence-corrected chi connectivity index (χ1v) is 5.80. The molecule has 1 atom stereocenters. The van der Waals surface area contributed by atoms with Gasteiger partial charge >= 0.3 is 5.97 Å². The lowest BCUT2D eigenvalue weighted by Gasteiger charge is -2.14. The molecule has 5 heteroatoms. The number of hydrogen-bond donors (Lipinski definition) is 3. The molecule has 0 heterocycles. The largest absolute Gasteiger partial charge is 0.480 e. The van der Waals surface area contributed by atoms with E-state index in [-0.39, 0.29) is 35.7 Å². The number of aliphatic carboxylic acids is 1. The van der Waals surface area contributed by atoms with Crippen LogP contribution in [0.4, 0.5) is 0 Å². The summed E-state index contributed by atoms with van der Waals surface area (Å²) < 4.78 is 0. The Bertz CT molecular complexity index is 321. The Morgan fingerprint density at radius 2 is 1.71 bits per heavy atom. The van der Waals surface area contributed by atoms with Crippen molar-refractivity contribution in [2.45, 2.75) is 40.2 Å². The normalized spacial score (nSPS) is 22.9. The van der Waals surface area contributed by atoms with Gasteiger partial charge in [0, 0.05) is 18.9 Å². The van der Waals surface area contributed by atoms with E-state index in [2.05, 4.69) is 5.32 Å². The molecule has 0 aromatic carbocycles. The second-order valence-corrected chi connectivity index (χ2v) is 5.79. The van der Waals surface area contributed by atoms with Crippen LogP contribution >= 0.6 is 0 Å². The van der Waals surface area contributed by atoms with E-state index in [9.17, 15) is 9.59 Å². The maximum absolute atomic E-state index is 12.0. The van der Waals surface area contributed by atoms with E-state index >= 15 is 0 Å². The van der Waals surface area contributed by atoms with Crippen LogP contribution in [0.3, 0.4) is 0 Å². The van der Waals surface area contributed by atoms with Crippen molar-refractivity contribution < 1.29 is 19.8 Å². The van der Waals surface area contributed by atoms with E-state index in [0.29, 0.717) is 0 Å². The molecule has 0 saturated heterocycles. The molecule has 1 amide bonds. The maximum atomic E-state index is 12.0. The molecule has 1 rings (SSSR count). The summed E-state index contributed by atoms with van der Waals surface area (Å²) in [7, 11) is 0. The smallest absolute Gasteiger partial charge is 0.326 e. The summed E-state index contributed by atoms with van der Waals surface area (Å²) in [6.07, 6.45) is 0.0364. The fourth-order valence-electron chi connectivity index (χ4n) is 2.49. The molecule has 3 N–H and O–H groups in total. The molecule has 17 heavy (non-hydrogen) atoms. The molecule has 0 bridgehead atoms. The average molecular weight is 243 g/mol. The van der Waals surface area contributed by atoms with Crippen molar-refractivity contribution in [3.63, 3.8) is 0 Å². The topological polar surface area (TPSA) is 86.6 Å². The zero-order valence-electron chi connectivity index (χ0n) is 10.8. The zero-order valence-corrected chi connectivity index (χ0v) is 10.8. The van der Waals surface area contributed by atoms with Gasteiger partial charge in [-0.2, -0.15) is 0 Å². The summed E-state index contributed by atoms with van der Waals surface area (Å²) in [6, 6.07) is -1.00. The number of hydrogen-bond acceptors (Lipinski definition) is 3. The highest BCUT2D eigenvalue weighted by Gasteiger charge is 2.68. The number of aliphatic hydroxyl groups is 1. The lowest BCUT2D eigenvalue weighted by Crippen LogP contribution is -2.43. The van der Waals surface area contributed by atoms with Crippen LogP contribution in [0.5, 0.6) is 0 Å². The maximum Gasteiger partial charge on any atom is 0.326 e. The Kier molecular flexibility index (Phi) is 3.52. The van der Waals surface area contributed by atoms with E-state index in [0.717, 1.165) is 0 Å². The molecule has 5 nitrogen and oxygen atoms in total. The quantitative estimate of drug-likeness (QED) is 0.660. The van der Waals surface area contributed by atoms with Crippen molar-refractivity contribution in [2.75, 3.05) is 6.61 Å². The Morgan fingerprint density at radius 1 is 1.24 bits per heavy atom. The molecule has 1 aliphatic rings. The predicted molar refractivity (Wildman–Crippen MR) is 62.3 cm³/mol. The summed E-state index contributed by atoms with van der Waals surface area (Å²) in [5, 5.41) is 20.1. The first kappa shape index (κ1) is 14.0. The first-order valence-electron chi connectivity index (χ1n) is 5.80. The van der Waals surface area contributed by atoms with Gasteiger partial charge < -0.3 is 15.5 Å². The van der Waals surface area contributed by atoms with E-state index in [4.69, 9.17) is 10.2 Å². The van der Waals surface area contributed by atoms with Gasteiger partial charge in [-0.3, -0.25) is 4.79 Å². The van der Waals surface area contributed by atoms with Crippen molar-refractivity contribution in [1.82, 2.24) is 5.32 Å². The van der Waals surface area contributed by atoms with Crippen LogP contribution in [0, 0.1) is 16.7 Å². The van der Waals surface area contributed by atoms with E-state index in [1.165, 1.54) is 0 Å². The third-order valence-electron chi connectivity index (χ3n) is 4.32. The number of carbonyl (C=O) groups is 2. The Morgan fingerprint density at radius 3 is 2.00 bits per heavy atom. The van der Waals surface area contributed by atoms with Crippen molar-refractivity contribution in [3.05, 3.63) is 0 Å². The van der Waals surface area contributed by atoms with Gasteiger partial charge in [-0.25, -0.2) is 4.79 Å². The minimum atomic E-state index is -1.11. The van der Waals surface area contributed by atoms with Crippen molar-refractivity contribution in [2.24, 2.45) is 16.7 Å². The van der Waals surface area contributed by atoms with Crippen LogP contribution in [-0.4, -0.2) is 34.7 Å². The monoisotopic (exact) mass is 243 g/mol. The van der Waals surface area contributed by atoms with Gasteiger partial charge in [0.05, 0.1) is 0 Å². The minimum Gasteiger partial charge on any atom is -0.480 e. The molecule has 0 unspecified atom stereocenters. The second kappa shape index (κ2) is 4.29. The van der Waals surface area contributed by atoms with Gasteiger partial charge in [0.1, 0.15) is 6.04 Å². The van der Waals surface area contributed by atoms with Crippen LogP contribution < -0.4 is 5.32 Å². The number of amides is 1. The van der Waals surface area contributed by atoms with Gasteiger partial charge in [-0.1, -0.05) is 27.7 Å². The first-order chi connectivity index (χ1) is 7.66. The van der Waals surface area contributed by atoms with Gasteiger partial charge in [-0.15, -0.1) is 0 Å². The minimum absolute atomic E-state index is 0.0364. The molecular weight excluding hydrogens is 222 g/mol. The number of carbonyl (C=O) groups excluding carboxylic acids is 1. The molecule has 0 spiro atoms. The second-order valence-electron chi connectivity index (χ2n) is 5.79. The van der Waals surface area contributed by atoms with Gasteiger partial charge in [-0.05, 0) is 10.8 Å². The molecule has 0 radical (unpaired) electrons. The summed E-state index contributed by atoms with van der Waals surface area (Å²) in [5.41, 5.74) is -0.224. The Labute approximate surface area is 101 Å². The van der Waals surface area contributed by atoms with Crippen LogP contribution in [0.25, 0.3) is 0 Å². The molecule has 0 aliphatic heterocycles. The highest BCUT2D eigenvalue weighted by molar-refractivity contribution is 5.88. The Hall–Kier alpha value is -1.10. The number of carboxylic acid groups (broad SMARTS) is 1. The number of rotatable bonds is 5. The lowest BCUT2D eigenvalue weighted by atomic mass is 10.0. The van der Waals surface area contributed by atoms with Crippen LogP contribution in [0.2, 0.25) is 0 Å². The summed E-state index contributed by atoms with van der Waals surface area (Å²) in [5.74, 6) is -1.51. The molecule has 0 aromatic rings. The fourth-order valence-corrected chi connectivity index (χ4v) is 2.49. The number of carboxylic acids is 1. The third-order valence-corrected chi connectivity index (χ3v) is 4.32. The van der Waals surface area contributed by atoms with Gasteiger partial charge in [0.15, 0.2) is 0 Å². The van der Waals surface area contributed by atoms with Crippen LogP contribution in [-0.2, 0) is 9.59 Å². The van der Waals surface area contributed by atoms with Crippen molar-refractivity contribution in [1.29, 1.82) is 0 Å². The summed E-state index contributed by atoms with van der Waals surface area (Å²) in [6.45, 7) is 7.74. The highest BCUT2D eigenvalue weighted by Crippen LogP contribution is 2.68. The SMILES string of the molecule is CC1(C)C(C(=O)N[C@@H](CCO)C(=O)O)C1(C)C. The fraction of sp³-hybridized carbons (Fsp3) is 0.833.